The van der Waals surface area contributed by atoms with E-state index in [1.165, 1.54) is 12.1 Å². The maximum absolute atomic E-state index is 12.4. The van der Waals surface area contributed by atoms with Gasteiger partial charge in [0.05, 0.1) is 28.7 Å². The largest absolute Gasteiger partial charge is 0.324 e. The topological polar surface area (TPSA) is 71.5 Å². The highest BCUT2D eigenvalue weighted by Gasteiger charge is 2.40. The second-order valence-electron chi connectivity index (χ2n) is 4.94. The van der Waals surface area contributed by atoms with E-state index in [4.69, 9.17) is 23.2 Å². The summed E-state index contributed by atoms with van der Waals surface area (Å²) in [6.07, 6.45) is 0.104. The van der Waals surface area contributed by atoms with Gasteiger partial charge in [0.15, 0.2) is 17.3 Å². The van der Waals surface area contributed by atoms with Gasteiger partial charge in [0.1, 0.15) is 5.92 Å². The number of hydrogen-bond acceptors (Lipinski definition) is 4. The van der Waals surface area contributed by atoms with Crippen molar-refractivity contribution in [2.45, 2.75) is 13.3 Å². The molecule has 0 radical (unpaired) electrons. The number of benzene rings is 1. The molecule has 5 nitrogen and oxygen atoms in total. The fraction of sp³-hybridized carbons (Fsp3) is 0.333. The van der Waals surface area contributed by atoms with Gasteiger partial charge in [-0.25, -0.2) is 0 Å². The summed E-state index contributed by atoms with van der Waals surface area (Å²) in [4.78, 5) is 49.2. The van der Waals surface area contributed by atoms with Crippen molar-refractivity contribution in [1.29, 1.82) is 0 Å². The van der Waals surface area contributed by atoms with E-state index in [9.17, 15) is 19.2 Å². The maximum atomic E-state index is 12.4. The summed E-state index contributed by atoms with van der Waals surface area (Å²) in [6.45, 7) is 0.981. The minimum absolute atomic E-state index is 0.0479. The van der Waals surface area contributed by atoms with Crippen LogP contribution in [0, 0.1) is 5.92 Å². The van der Waals surface area contributed by atoms with Crippen molar-refractivity contribution in [3.05, 3.63) is 33.8 Å². The number of hydrogen-bond donors (Lipinski definition) is 0. The summed E-state index contributed by atoms with van der Waals surface area (Å²) in [5.74, 6) is -3.41. The predicted octanol–water partition coefficient (Wildman–Crippen LogP) is 2.18. The molecule has 0 atom stereocenters. The third-order valence-corrected chi connectivity index (χ3v) is 4.10. The molecule has 1 aliphatic heterocycles. The van der Waals surface area contributed by atoms with Crippen molar-refractivity contribution in [1.82, 2.24) is 4.90 Å². The van der Waals surface area contributed by atoms with Gasteiger partial charge in [-0.15, -0.1) is 0 Å². The lowest BCUT2D eigenvalue weighted by atomic mass is 9.88. The molecule has 1 fully saturated rings. The summed E-state index contributed by atoms with van der Waals surface area (Å²) in [5.41, 5.74) is 0.0479. The molecule has 1 heterocycles. The predicted molar refractivity (Wildman–Crippen MR) is 81.2 cm³/mol. The normalized spacial score (nSPS) is 16.0. The molecule has 1 aromatic rings. The Morgan fingerprint density at radius 3 is 2.09 bits per heavy atom. The molecule has 0 bridgehead atoms. The van der Waals surface area contributed by atoms with Gasteiger partial charge in [0.25, 0.3) is 5.91 Å². The van der Waals surface area contributed by atoms with E-state index in [0.29, 0.717) is 0 Å². The summed E-state index contributed by atoms with van der Waals surface area (Å²) in [5, 5.41) is 0.285. The van der Waals surface area contributed by atoms with Crippen LogP contribution < -0.4 is 0 Å². The van der Waals surface area contributed by atoms with Gasteiger partial charge in [-0.2, -0.15) is 0 Å². The van der Waals surface area contributed by atoms with E-state index in [0.717, 1.165) is 4.90 Å². The molecule has 1 aliphatic rings. The number of carbonyl (C=O) groups is 4. The van der Waals surface area contributed by atoms with Crippen LogP contribution in [0.4, 0.5) is 0 Å². The Bertz CT molecular complexity index is 633. The lowest BCUT2D eigenvalue weighted by molar-refractivity contribution is -0.143. The van der Waals surface area contributed by atoms with E-state index in [2.05, 4.69) is 0 Å². The van der Waals surface area contributed by atoms with E-state index >= 15 is 0 Å². The zero-order valence-electron chi connectivity index (χ0n) is 11.8. The van der Waals surface area contributed by atoms with E-state index in [1.54, 1.807) is 13.0 Å². The quantitative estimate of drug-likeness (QED) is 0.790. The first-order valence-corrected chi connectivity index (χ1v) is 7.43. The van der Waals surface area contributed by atoms with Crippen molar-refractivity contribution >= 4 is 46.5 Å². The number of Topliss-reactive ketones (excluding diaryl/α,β-unsaturated/α-hetero) is 3. The minimum Gasteiger partial charge on any atom is -0.324 e. The highest BCUT2D eigenvalue weighted by atomic mass is 35.5. The van der Waals surface area contributed by atoms with Gasteiger partial charge < -0.3 is 4.90 Å². The Kier molecular flexibility index (Phi) is 4.98. The third-order valence-electron chi connectivity index (χ3n) is 3.47. The summed E-state index contributed by atoms with van der Waals surface area (Å²) in [6, 6.07) is 4.58. The summed E-state index contributed by atoms with van der Waals surface area (Å²) in [7, 11) is 0. The molecule has 0 saturated carbocycles. The third kappa shape index (κ3) is 3.05. The van der Waals surface area contributed by atoms with Gasteiger partial charge in [-0.1, -0.05) is 36.2 Å². The Balaban J connectivity index is 2.26. The number of carbonyl (C=O) groups excluding carboxylic acids is 4. The zero-order valence-corrected chi connectivity index (χ0v) is 13.3. The standard InChI is InChI=1S/C15H13Cl2NO4/c1-2-10(19)14-11(20)6-18(7-12(14)21)15(22)13-8(16)4-3-5-9(13)17/h3-5,14H,2,6-7H2,1H3. The first-order chi connectivity index (χ1) is 10.4. The van der Waals surface area contributed by atoms with Gasteiger partial charge in [0.2, 0.25) is 0 Å². The fourth-order valence-electron chi connectivity index (χ4n) is 2.36. The number of rotatable bonds is 3. The molecule has 7 heteroatoms. The minimum atomic E-state index is -1.25. The Morgan fingerprint density at radius 2 is 1.64 bits per heavy atom. The average Bonchev–Trinajstić information content (AvgIpc) is 2.45. The van der Waals surface area contributed by atoms with Crippen molar-refractivity contribution in [2.24, 2.45) is 5.92 Å². The second-order valence-corrected chi connectivity index (χ2v) is 5.76. The lowest BCUT2D eigenvalue weighted by Crippen LogP contribution is -2.52. The molecule has 2 rings (SSSR count). The van der Waals surface area contributed by atoms with Crippen LogP contribution in [0.3, 0.4) is 0 Å². The average molecular weight is 342 g/mol. The molecule has 0 unspecified atom stereocenters. The van der Waals surface area contributed by atoms with Crippen LogP contribution in [0.25, 0.3) is 0 Å². The van der Waals surface area contributed by atoms with Crippen LogP contribution in [-0.2, 0) is 14.4 Å². The van der Waals surface area contributed by atoms with E-state index < -0.39 is 29.2 Å². The molecule has 1 amide bonds. The smallest absolute Gasteiger partial charge is 0.257 e. The second kappa shape index (κ2) is 6.58. The van der Waals surface area contributed by atoms with Crippen molar-refractivity contribution in [3.8, 4) is 0 Å². The number of ketones is 3. The molecule has 116 valence electrons. The molecule has 0 aliphatic carbocycles. The number of nitrogens with zero attached hydrogens (tertiary/aromatic N) is 1. The van der Waals surface area contributed by atoms with Crippen molar-refractivity contribution < 1.29 is 19.2 Å². The summed E-state index contributed by atoms with van der Waals surface area (Å²) >= 11 is 11.9. The molecule has 0 N–H and O–H groups in total. The van der Waals surface area contributed by atoms with Crippen LogP contribution >= 0.6 is 23.2 Å². The van der Waals surface area contributed by atoms with Crippen LogP contribution in [-0.4, -0.2) is 41.2 Å². The number of piperidine rings is 1. The molecule has 1 saturated heterocycles. The first kappa shape index (κ1) is 16.6. The molecular weight excluding hydrogens is 329 g/mol. The Hall–Kier alpha value is -1.72. The molecule has 0 spiro atoms. The van der Waals surface area contributed by atoms with Crippen molar-refractivity contribution in [3.63, 3.8) is 0 Å². The number of likely N-dealkylation sites (tertiary alicyclic amines) is 1. The zero-order chi connectivity index (χ0) is 16.4. The highest BCUT2D eigenvalue weighted by molar-refractivity contribution is 6.39. The molecular formula is C15H13Cl2NO4. The molecule has 1 aromatic carbocycles. The monoisotopic (exact) mass is 341 g/mol. The molecule has 0 aromatic heterocycles. The Morgan fingerprint density at radius 1 is 1.14 bits per heavy atom. The number of amides is 1. The van der Waals surface area contributed by atoms with E-state index in [-0.39, 0.29) is 35.1 Å². The van der Waals surface area contributed by atoms with Gasteiger partial charge >= 0.3 is 0 Å². The van der Waals surface area contributed by atoms with Crippen LogP contribution in [0.5, 0.6) is 0 Å². The van der Waals surface area contributed by atoms with Gasteiger partial charge in [-0.3, -0.25) is 19.2 Å². The van der Waals surface area contributed by atoms with E-state index in [1.807, 2.05) is 0 Å². The highest BCUT2D eigenvalue weighted by Crippen LogP contribution is 2.27. The Labute approximate surface area is 137 Å². The van der Waals surface area contributed by atoms with Crippen LogP contribution in [0.15, 0.2) is 18.2 Å². The summed E-state index contributed by atoms with van der Waals surface area (Å²) < 4.78 is 0. The van der Waals surface area contributed by atoms with Gasteiger partial charge in [0, 0.05) is 6.42 Å². The first-order valence-electron chi connectivity index (χ1n) is 6.68. The number of halogens is 2. The SMILES string of the molecule is CCC(=O)C1C(=O)CN(C(=O)c2c(Cl)cccc2Cl)CC1=O. The fourth-order valence-corrected chi connectivity index (χ4v) is 2.92. The van der Waals surface area contributed by atoms with Gasteiger partial charge in [-0.05, 0) is 12.1 Å². The van der Waals surface area contributed by atoms with Crippen molar-refractivity contribution in [2.75, 3.05) is 13.1 Å². The van der Waals surface area contributed by atoms with Crippen LogP contribution in [0.1, 0.15) is 23.7 Å². The van der Waals surface area contributed by atoms with Crippen LogP contribution in [0.2, 0.25) is 10.0 Å². The lowest BCUT2D eigenvalue weighted by Gasteiger charge is -2.29. The maximum Gasteiger partial charge on any atom is 0.257 e. The molecule has 22 heavy (non-hydrogen) atoms.